The third-order valence-corrected chi connectivity index (χ3v) is 2.72. The van der Waals surface area contributed by atoms with E-state index in [1.54, 1.807) is 11.0 Å². The average molecular weight is 270 g/mol. The van der Waals surface area contributed by atoms with Gasteiger partial charge in [0.2, 0.25) is 0 Å². The summed E-state index contributed by atoms with van der Waals surface area (Å²) in [6.07, 6.45) is 0.916. The Bertz CT molecular complexity index is 376. The van der Waals surface area contributed by atoms with Gasteiger partial charge in [-0.1, -0.05) is 19.1 Å². The predicted molar refractivity (Wildman–Crippen MR) is 74.5 cm³/mol. The lowest BCUT2D eigenvalue weighted by Crippen LogP contribution is -2.33. The summed E-state index contributed by atoms with van der Waals surface area (Å²) in [4.78, 5) is 14.2. The molecule has 0 heterocycles. The van der Waals surface area contributed by atoms with Crippen LogP contribution >= 0.6 is 11.6 Å². The molecule has 0 aliphatic heterocycles. The average Bonchev–Trinajstić information content (AvgIpc) is 2.39. The highest BCUT2D eigenvalue weighted by Gasteiger charge is 2.18. The van der Waals surface area contributed by atoms with E-state index in [2.05, 4.69) is 0 Å². The van der Waals surface area contributed by atoms with Crippen molar-refractivity contribution in [2.24, 2.45) is 0 Å². The second kappa shape index (κ2) is 7.98. The van der Waals surface area contributed by atoms with Gasteiger partial charge in [-0.3, -0.25) is 4.79 Å². The number of ether oxygens (including phenoxy) is 1. The lowest BCUT2D eigenvalue weighted by molar-refractivity contribution is 0.0761. The first-order valence-corrected chi connectivity index (χ1v) is 6.85. The van der Waals surface area contributed by atoms with E-state index in [1.165, 1.54) is 0 Å². The molecule has 1 aromatic carbocycles. The summed E-state index contributed by atoms with van der Waals surface area (Å²) in [6.45, 7) is 5.78. The number of carbonyl (C=O) groups is 1. The molecule has 0 unspecified atom stereocenters. The van der Waals surface area contributed by atoms with Crippen LogP contribution in [0.3, 0.4) is 0 Å². The van der Waals surface area contributed by atoms with Crippen molar-refractivity contribution in [3.8, 4) is 5.75 Å². The normalized spacial score (nSPS) is 10.2. The SMILES string of the molecule is CCCN(CCCl)C(=O)c1ccccc1OCC. The zero-order chi connectivity index (χ0) is 13.4. The Balaban J connectivity index is 2.92. The van der Waals surface area contributed by atoms with E-state index in [9.17, 15) is 4.79 Å². The zero-order valence-electron chi connectivity index (χ0n) is 11.0. The van der Waals surface area contributed by atoms with E-state index in [4.69, 9.17) is 16.3 Å². The quantitative estimate of drug-likeness (QED) is 0.712. The van der Waals surface area contributed by atoms with Crippen LogP contribution < -0.4 is 4.74 Å². The van der Waals surface area contributed by atoms with Gasteiger partial charge in [-0.15, -0.1) is 11.6 Å². The summed E-state index contributed by atoms with van der Waals surface area (Å²) in [5.74, 6) is 1.07. The maximum atomic E-state index is 12.4. The molecule has 0 radical (unpaired) electrons. The van der Waals surface area contributed by atoms with Gasteiger partial charge in [-0.2, -0.15) is 0 Å². The number of amides is 1. The summed E-state index contributed by atoms with van der Waals surface area (Å²) >= 11 is 5.74. The van der Waals surface area contributed by atoms with Gasteiger partial charge < -0.3 is 9.64 Å². The summed E-state index contributed by atoms with van der Waals surface area (Å²) in [5.41, 5.74) is 0.609. The monoisotopic (exact) mass is 269 g/mol. The minimum atomic E-state index is -0.0125. The van der Waals surface area contributed by atoms with Crippen LogP contribution in [0.25, 0.3) is 0 Å². The van der Waals surface area contributed by atoms with Gasteiger partial charge >= 0.3 is 0 Å². The topological polar surface area (TPSA) is 29.5 Å². The lowest BCUT2D eigenvalue weighted by Gasteiger charge is -2.22. The first kappa shape index (κ1) is 14.8. The molecule has 0 fully saturated rings. The van der Waals surface area contributed by atoms with E-state index >= 15 is 0 Å². The second-order valence-corrected chi connectivity index (χ2v) is 4.29. The van der Waals surface area contributed by atoms with Gasteiger partial charge in [0, 0.05) is 19.0 Å². The smallest absolute Gasteiger partial charge is 0.257 e. The Morgan fingerprint density at radius 1 is 1.28 bits per heavy atom. The summed E-state index contributed by atoms with van der Waals surface area (Å²) in [6, 6.07) is 7.33. The molecule has 0 atom stereocenters. The molecule has 0 bridgehead atoms. The molecule has 0 saturated carbocycles. The Kier molecular flexibility index (Phi) is 6.58. The Hall–Kier alpha value is -1.22. The molecule has 18 heavy (non-hydrogen) atoms. The Labute approximate surface area is 114 Å². The van der Waals surface area contributed by atoms with E-state index in [0.29, 0.717) is 36.9 Å². The van der Waals surface area contributed by atoms with Crippen molar-refractivity contribution in [2.45, 2.75) is 20.3 Å². The molecule has 0 N–H and O–H groups in total. The molecule has 100 valence electrons. The van der Waals surface area contributed by atoms with Crippen LogP contribution in [0.1, 0.15) is 30.6 Å². The van der Waals surface area contributed by atoms with Crippen LogP contribution in [0.15, 0.2) is 24.3 Å². The third-order valence-electron chi connectivity index (χ3n) is 2.55. The van der Waals surface area contributed by atoms with Gasteiger partial charge in [0.05, 0.1) is 12.2 Å². The van der Waals surface area contributed by atoms with Crippen LogP contribution in [0.5, 0.6) is 5.75 Å². The van der Waals surface area contributed by atoms with Crippen molar-refractivity contribution in [1.82, 2.24) is 4.90 Å². The molecule has 1 amide bonds. The maximum absolute atomic E-state index is 12.4. The fourth-order valence-corrected chi connectivity index (χ4v) is 1.99. The number of benzene rings is 1. The maximum Gasteiger partial charge on any atom is 0.257 e. The summed E-state index contributed by atoms with van der Waals surface area (Å²) in [7, 11) is 0. The number of halogens is 1. The van der Waals surface area contributed by atoms with Gasteiger partial charge in [-0.25, -0.2) is 0 Å². The number of rotatable bonds is 7. The number of hydrogen-bond donors (Lipinski definition) is 0. The van der Waals surface area contributed by atoms with Gasteiger partial charge in [0.1, 0.15) is 5.75 Å². The number of hydrogen-bond acceptors (Lipinski definition) is 2. The largest absolute Gasteiger partial charge is 0.493 e. The Morgan fingerprint density at radius 2 is 2.00 bits per heavy atom. The summed E-state index contributed by atoms with van der Waals surface area (Å²) in [5, 5.41) is 0. The van der Waals surface area contributed by atoms with Crippen LogP contribution in [0.2, 0.25) is 0 Å². The van der Waals surface area contributed by atoms with E-state index in [0.717, 1.165) is 6.42 Å². The minimum absolute atomic E-state index is 0.0125. The van der Waals surface area contributed by atoms with Crippen molar-refractivity contribution >= 4 is 17.5 Å². The minimum Gasteiger partial charge on any atom is -0.493 e. The molecule has 0 aromatic heterocycles. The van der Waals surface area contributed by atoms with Crippen molar-refractivity contribution in [1.29, 1.82) is 0 Å². The zero-order valence-corrected chi connectivity index (χ0v) is 11.7. The van der Waals surface area contributed by atoms with Crippen molar-refractivity contribution < 1.29 is 9.53 Å². The van der Waals surface area contributed by atoms with Crippen LogP contribution in [-0.4, -0.2) is 36.4 Å². The highest BCUT2D eigenvalue weighted by Crippen LogP contribution is 2.20. The predicted octanol–water partition coefficient (Wildman–Crippen LogP) is 3.18. The van der Waals surface area contributed by atoms with Gasteiger partial charge in [0.15, 0.2) is 0 Å². The molecule has 3 nitrogen and oxygen atoms in total. The molecule has 1 aromatic rings. The fraction of sp³-hybridized carbons (Fsp3) is 0.500. The second-order valence-electron chi connectivity index (χ2n) is 3.91. The molecular weight excluding hydrogens is 250 g/mol. The molecular formula is C14H20ClNO2. The number of para-hydroxylation sites is 1. The lowest BCUT2D eigenvalue weighted by atomic mass is 10.1. The third kappa shape index (κ3) is 3.91. The highest BCUT2D eigenvalue weighted by molar-refractivity contribution is 6.18. The number of alkyl halides is 1. The molecule has 0 aliphatic rings. The van der Waals surface area contributed by atoms with Gasteiger partial charge in [0.25, 0.3) is 5.91 Å². The molecule has 1 rings (SSSR count). The standard InChI is InChI=1S/C14H20ClNO2/c1-3-10-16(11-9-15)14(17)12-7-5-6-8-13(12)18-4-2/h5-8H,3-4,9-11H2,1-2H3. The van der Waals surface area contributed by atoms with Crippen molar-refractivity contribution in [2.75, 3.05) is 25.6 Å². The number of carbonyl (C=O) groups excluding carboxylic acids is 1. The van der Waals surface area contributed by atoms with Crippen LogP contribution in [0.4, 0.5) is 0 Å². The first-order chi connectivity index (χ1) is 8.74. The Morgan fingerprint density at radius 3 is 2.61 bits per heavy atom. The molecule has 0 spiro atoms. The highest BCUT2D eigenvalue weighted by atomic mass is 35.5. The van der Waals surface area contributed by atoms with E-state index in [-0.39, 0.29) is 5.91 Å². The van der Waals surface area contributed by atoms with Gasteiger partial charge in [-0.05, 0) is 25.5 Å². The van der Waals surface area contributed by atoms with E-state index in [1.807, 2.05) is 32.0 Å². The fourth-order valence-electron chi connectivity index (χ4n) is 1.78. The number of nitrogens with zero attached hydrogens (tertiary/aromatic N) is 1. The molecule has 4 heteroatoms. The molecule has 0 aliphatic carbocycles. The van der Waals surface area contributed by atoms with Crippen molar-refractivity contribution in [3.05, 3.63) is 29.8 Å². The summed E-state index contributed by atoms with van der Waals surface area (Å²) < 4.78 is 5.48. The van der Waals surface area contributed by atoms with Crippen LogP contribution in [0, 0.1) is 0 Å². The molecule has 0 saturated heterocycles. The van der Waals surface area contributed by atoms with Crippen LogP contribution in [-0.2, 0) is 0 Å². The van der Waals surface area contributed by atoms with E-state index < -0.39 is 0 Å². The van der Waals surface area contributed by atoms with Crippen molar-refractivity contribution in [3.63, 3.8) is 0 Å². The first-order valence-electron chi connectivity index (χ1n) is 6.31.